The van der Waals surface area contributed by atoms with Crippen LogP contribution in [0.25, 0.3) is 0 Å². The van der Waals surface area contributed by atoms with E-state index in [1.165, 1.54) is 11.8 Å². The van der Waals surface area contributed by atoms with Crippen molar-refractivity contribution in [1.82, 2.24) is 5.32 Å². The molecule has 0 aliphatic rings. The first-order valence-electron chi connectivity index (χ1n) is 7.74. The van der Waals surface area contributed by atoms with E-state index in [0.717, 1.165) is 9.79 Å². The van der Waals surface area contributed by atoms with Gasteiger partial charge in [0.2, 0.25) is 0 Å². The lowest BCUT2D eigenvalue weighted by Crippen LogP contribution is -2.34. The molecule has 0 aliphatic carbocycles. The molecule has 0 radical (unpaired) electrons. The number of nitrogens with zero attached hydrogens (tertiary/aromatic N) is 1. The zero-order valence-corrected chi connectivity index (χ0v) is 14.5. The summed E-state index contributed by atoms with van der Waals surface area (Å²) in [7, 11) is 0. The Morgan fingerprint density at radius 1 is 1.21 bits per heavy atom. The van der Waals surface area contributed by atoms with Crippen LogP contribution in [0, 0.1) is 17.2 Å². The molecule has 0 heterocycles. The summed E-state index contributed by atoms with van der Waals surface area (Å²) in [6.45, 7) is 4.05. The first-order chi connectivity index (χ1) is 11.5. The first kappa shape index (κ1) is 18.1. The maximum absolute atomic E-state index is 12.1. The smallest absolute Gasteiger partial charge is 0.251 e. The van der Waals surface area contributed by atoms with Crippen LogP contribution < -0.4 is 5.32 Å². The molecular weight excluding hydrogens is 320 g/mol. The van der Waals surface area contributed by atoms with Crippen LogP contribution in [0.15, 0.2) is 58.3 Å². The van der Waals surface area contributed by atoms with E-state index < -0.39 is 6.10 Å². The van der Waals surface area contributed by atoms with Gasteiger partial charge in [-0.1, -0.05) is 37.7 Å². The third kappa shape index (κ3) is 4.85. The van der Waals surface area contributed by atoms with E-state index in [0.29, 0.717) is 11.1 Å². The molecule has 2 N–H and O–H groups in total. The number of nitriles is 1. The second-order valence-corrected chi connectivity index (χ2v) is 6.87. The Balaban J connectivity index is 2.00. The average molecular weight is 340 g/mol. The largest absolute Gasteiger partial charge is 0.391 e. The fourth-order valence-electron chi connectivity index (χ4n) is 1.98. The summed E-state index contributed by atoms with van der Waals surface area (Å²) >= 11 is 1.49. The summed E-state index contributed by atoms with van der Waals surface area (Å²) in [5.41, 5.74) is 1.18. The maximum Gasteiger partial charge on any atom is 0.251 e. The molecule has 0 bridgehead atoms. The van der Waals surface area contributed by atoms with Crippen LogP contribution in [-0.2, 0) is 0 Å². The van der Waals surface area contributed by atoms with Gasteiger partial charge < -0.3 is 10.4 Å². The van der Waals surface area contributed by atoms with Crippen molar-refractivity contribution < 1.29 is 9.90 Å². The van der Waals surface area contributed by atoms with E-state index in [1.54, 1.807) is 18.2 Å². The number of hydrogen-bond acceptors (Lipinski definition) is 4. The molecule has 2 rings (SSSR count). The number of nitrogens with one attached hydrogen (secondary N) is 1. The predicted molar refractivity (Wildman–Crippen MR) is 94.9 cm³/mol. The molecule has 0 aliphatic heterocycles. The van der Waals surface area contributed by atoms with Crippen LogP contribution in [-0.4, -0.2) is 23.7 Å². The summed E-state index contributed by atoms with van der Waals surface area (Å²) in [4.78, 5) is 13.9. The van der Waals surface area contributed by atoms with Gasteiger partial charge >= 0.3 is 0 Å². The second-order valence-electron chi connectivity index (χ2n) is 5.76. The number of hydrogen-bond donors (Lipinski definition) is 2. The van der Waals surface area contributed by atoms with E-state index in [2.05, 4.69) is 11.4 Å². The van der Waals surface area contributed by atoms with Crippen molar-refractivity contribution in [3.05, 3.63) is 59.7 Å². The lowest BCUT2D eigenvalue weighted by Gasteiger charge is -2.15. The minimum Gasteiger partial charge on any atom is -0.391 e. The topological polar surface area (TPSA) is 73.1 Å². The summed E-state index contributed by atoms with van der Waals surface area (Å²) in [6, 6.07) is 16.8. The molecule has 0 spiro atoms. The maximum atomic E-state index is 12.1. The lowest BCUT2D eigenvalue weighted by molar-refractivity contribution is 0.0871. The van der Waals surface area contributed by atoms with Crippen molar-refractivity contribution in [3.63, 3.8) is 0 Å². The summed E-state index contributed by atoms with van der Waals surface area (Å²) < 4.78 is 0. The quantitative estimate of drug-likeness (QED) is 0.845. The molecule has 124 valence electrons. The number of benzene rings is 2. The summed E-state index contributed by atoms with van der Waals surface area (Å²) in [5, 5.41) is 21.6. The molecule has 2 aromatic carbocycles. The Hall–Kier alpha value is -2.29. The Bertz CT molecular complexity index is 736. The fourth-order valence-corrected chi connectivity index (χ4v) is 2.88. The molecule has 0 saturated heterocycles. The van der Waals surface area contributed by atoms with Crippen molar-refractivity contribution >= 4 is 17.7 Å². The van der Waals surface area contributed by atoms with E-state index in [9.17, 15) is 9.90 Å². The van der Waals surface area contributed by atoms with Gasteiger partial charge in [-0.2, -0.15) is 5.26 Å². The third-order valence-corrected chi connectivity index (χ3v) is 4.68. The van der Waals surface area contributed by atoms with E-state index >= 15 is 0 Å². The van der Waals surface area contributed by atoms with Gasteiger partial charge in [0.1, 0.15) is 6.07 Å². The normalized spacial score (nSPS) is 11.8. The van der Waals surface area contributed by atoms with Gasteiger partial charge in [0.15, 0.2) is 0 Å². The monoisotopic (exact) mass is 340 g/mol. The Morgan fingerprint density at radius 3 is 2.50 bits per heavy atom. The molecule has 1 amide bonds. The van der Waals surface area contributed by atoms with Crippen molar-refractivity contribution in [3.8, 4) is 6.07 Å². The number of carbonyl (C=O) groups excluding carboxylic acids is 1. The van der Waals surface area contributed by atoms with E-state index in [1.807, 2.05) is 44.2 Å². The SMILES string of the molecule is CC(C)C(O)CNC(=O)c1ccc(Sc2ccccc2C#N)cc1. The van der Waals surface area contributed by atoms with Crippen LogP contribution >= 0.6 is 11.8 Å². The zero-order chi connectivity index (χ0) is 17.5. The van der Waals surface area contributed by atoms with Crippen LogP contribution in [0.2, 0.25) is 0 Å². The highest BCUT2D eigenvalue weighted by Crippen LogP contribution is 2.30. The molecule has 5 heteroatoms. The van der Waals surface area contributed by atoms with Gasteiger partial charge in [-0.3, -0.25) is 4.79 Å². The van der Waals surface area contributed by atoms with Gasteiger partial charge in [-0.15, -0.1) is 0 Å². The average Bonchev–Trinajstić information content (AvgIpc) is 2.60. The molecule has 2 aromatic rings. The molecule has 1 atom stereocenters. The minimum absolute atomic E-state index is 0.101. The molecular formula is C19H20N2O2S. The zero-order valence-electron chi connectivity index (χ0n) is 13.7. The highest BCUT2D eigenvalue weighted by molar-refractivity contribution is 7.99. The number of rotatable bonds is 6. The highest BCUT2D eigenvalue weighted by Gasteiger charge is 2.12. The fraction of sp³-hybridized carbons (Fsp3) is 0.263. The predicted octanol–water partition coefficient (Wildman–Crippen LogP) is 3.46. The Morgan fingerprint density at radius 2 is 1.88 bits per heavy atom. The van der Waals surface area contributed by atoms with Gasteiger partial charge in [-0.25, -0.2) is 0 Å². The number of carbonyl (C=O) groups is 1. The van der Waals surface area contributed by atoms with Crippen molar-refractivity contribution in [2.75, 3.05) is 6.54 Å². The minimum atomic E-state index is -0.550. The van der Waals surface area contributed by atoms with Crippen LogP contribution in [0.4, 0.5) is 0 Å². The molecule has 0 fully saturated rings. The number of aliphatic hydroxyl groups excluding tert-OH is 1. The highest BCUT2D eigenvalue weighted by atomic mass is 32.2. The summed E-state index contributed by atoms with van der Waals surface area (Å²) in [6.07, 6.45) is -0.550. The van der Waals surface area contributed by atoms with Gasteiger partial charge in [0.25, 0.3) is 5.91 Å². The van der Waals surface area contributed by atoms with Gasteiger partial charge in [0, 0.05) is 21.9 Å². The second kappa shape index (κ2) is 8.53. The molecule has 0 aromatic heterocycles. The lowest BCUT2D eigenvalue weighted by atomic mass is 10.1. The number of aliphatic hydroxyl groups is 1. The summed E-state index contributed by atoms with van der Waals surface area (Å²) in [5.74, 6) is -0.104. The van der Waals surface area contributed by atoms with Crippen molar-refractivity contribution in [2.45, 2.75) is 29.7 Å². The third-order valence-electron chi connectivity index (χ3n) is 3.59. The Kier molecular flexibility index (Phi) is 6.42. The van der Waals surface area contributed by atoms with E-state index in [-0.39, 0.29) is 18.4 Å². The van der Waals surface area contributed by atoms with Crippen molar-refractivity contribution in [1.29, 1.82) is 5.26 Å². The molecule has 0 saturated carbocycles. The van der Waals surface area contributed by atoms with Crippen LogP contribution in [0.3, 0.4) is 0 Å². The molecule has 1 unspecified atom stereocenters. The molecule has 4 nitrogen and oxygen atoms in total. The van der Waals surface area contributed by atoms with Crippen LogP contribution in [0.1, 0.15) is 29.8 Å². The standard InChI is InChI=1S/C19H20N2O2S/c1-13(2)17(22)12-21-19(23)14-7-9-16(10-8-14)24-18-6-4-3-5-15(18)11-20/h3-10,13,17,22H,12H2,1-2H3,(H,21,23). The van der Waals surface area contributed by atoms with Crippen molar-refractivity contribution in [2.24, 2.45) is 5.92 Å². The van der Waals surface area contributed by atoms with E-state index in [4.69, 9.17) is 5.26 Å². The molecule has 24 heavy (non-hydrogen) atoms. The van der Waals surface area contributed by atoms with Gasteiger partial charge in [0.05, 0.1) is 11.7 Å². The van der Waals surface area contributed by atoms with Crippen LogP contribution in [0.5, 0.6) is 0 Å². The van der Waals surface area contributed by atoms with Gasteiger partial charge in [-0.05, 0) is 42.3 Å². The Labute approximate surface area is 146 Å². The number of amides is 1. The first-order valence-corrected chi connectivity index (χ1v) is 8.56.